The first kappa shape index (κ1) is 15.5. The first-order chi connectivity index (χ1) is 16.1. The number of pyridine rings is 2. The van der Waals surface area contributed by atoms with Crippen molar-refractivity contribution in [2.45, 2.75) is 0 Å². The molecular formula is C26H17N3O2. The highest BCUT2D eigenvalue weighted by atomic mass is 16.5. The van der Waals surface area contributed by atoms with Crippen LogP contribution in [0.4, 0.5) is 0 Å². The molecule has 1 N–H and O–H groups in total. The third kappa shape index (κ3) is 2.87. The summed E-state index contributed by atoms with van der Waals surface area (Å²) in [6.07, 6.45) is 0.194. The summed E-state index contributed by atoms with van der Waals surface area (Å²) in [5, 5.41) is 13.1. The minimum Gasteiger partial charge on any atom is -0.506 e. The minimum atomic E-state index is -0.171. The Morgan fingerprint density at radius 3 is 2.65 bits per heavy atom. The molecule has 0 aliphatic rings. The summed E-state index contributed by atoms with van der Waals surface area (Å²) in [6.45, 7) is 0. The Balaban J connectivity index is 1.51. The number of phenols is 1. The van der Waals surface area contributed by atoms with Gasteiger partial charge in [-0.15, -0.1) is 0 Å². The first-order valence-corrected chi connectivity index (χ1v) is 9.83. The van der Waals surface area contributed by atoms with Crippen molar-refractivity contribution in [1.29, 1.82) is 0 Å². The number of nitrogens with zero attached hydrogens (tertiary/aromatic N) is 3. The van der Waals surface area contributed by atoms with E-state index in [1.807, 2.05) is 53.1 Å². The van der Waals surface area contributed by atoms with Gasteiger partial charge < -0.3 is 9.84 Å². The first-order valence-electron chi connectivity index (χ1n) is 10.8. The van der Waals surface area contributed by atoms with E-state index in [9.17, 15) is 5.11 Å². The number of hydrogen-bond donors (Lipinski definition) is 1. The van der Waals surface area contributed by atoms with Crippen LogP contribution in [-0.4, -0.2) is 19.6 Å². The molecule has 0 unspecified atom stereocenters. The van der Waals surface area contributed by atoms with Crippen molar-refractivity contribution in [3.63, 3.8) is 0 Å². The van der Waals surface area contributed by atoms with Crippen LogP contribution in [-0.2, 0) is 0 Å². The van der Waals surface area contributed by atoms with E-state index in [1.54, 1.807) is 24.3 Å². The van der Waals surface area contributed by atoms with Crippen molar-refractivity contribution in [3.05, 3.63) is 97.1 Å². The molecule has 0 radical (unpaired) electrons. The molecule has 0 aliphatic carbocycles. The van der Waals surface area contributed by atoms with Crippen LogP contribution in [0.15, 0.2) is 97.1 Å². The van der Waals surface area contributed by atoms with Gasteiger partial charge in [-0.2, -0.15) is 0 Å². The number of phenolic OH excluding ortho intramolecular Hbond substituents is 1. The van der Waals surface area contributed by atoms with Gasteiger partial charge >= 0.3 is 0 Å². The molecule has 148 valence electrons. The van der Waals surface area contributed by atoms with Crippen LogP contribution in [0.3, 0.4) is 0 Å². The monoisotopic (exact) mass is 405 g/mol. The third-order valence-electron chi connectivity index (χ3n) is 5.30. The molecule has 3 aromatic carbocycles. The second-order valence-electron chi connectivity index (χ2n) is 7.17. The number of hydrogen-bond acceptors (Lipinski definition) is 4. The zero-order valence-electron chi connectivity index (χ0n) is 18.3. The van der Waals surface area contributed by atoms with Gasteiger partial charge in [0.15, 0.2) is 0 Å². The molecule has 6 rings (SSSR count). The predicted octanol–water partition coefficient (Wildman–Crippen LogP) is 6.22. The van der Waals surface area contributed by atoms with E-state index in [0.717, 1.165) is 27.2 Å². The van der Waals surface area contributed by atoms with Crippen molar-refractivity contribution in [2.24, 2.45) is 0 Å². The number of fused-ring (bicyclic) bond motifs is 4. The van der Waals surface area contributed by atoms with Crippen LogP contribution in [0.25, 0.3) is 38.5 Å². The molecule has 3 aromatic heterocycles. The summed E-state index contributed by atoms with van der Waals surface area (Å²) in [5.41, 5.74) is 2.20. The lowest BCUT2D eigenvalue weighted by Crippen LogP contribution is -1.96. The number of para-hydroxylation sites is 2. The van der Waals surface area contributed by atoms with Crippen molar-refractivity contribution in [2.75, 3.05) is 0 Å². The molecule has 6 aromatic rings. The Kier molecular flexibility index (Phi) is 3.41. The van der Waals surface area contributed by atoms with Crippen LogP contribution >= 0.6 is 0 Å². The zero-order valence-corrected chi connectivity index (χ0v) is 16.3. The third-order valence-corrected chi connectivity index (χ3v) is 5.30. The second kappa shape index (κ2) is 6.85. The molecule has 0 saturated heterocycles. The largest absolute Gasteiger partial charge is 0.506 e. The number of aromatic nitrogens is 3. The molecule has 31 heavy (non-hydrogen) atoms. The number of aromatic hydroxyl groups is 1. The standard InChI is InChI=1S/C26H17N3O2/c30-23-9-5-6-17-11-14-25(28-26(17)23)31-18-12-13-20-19-7-1-2-8-21(19)29(22(20)16-18)24-10-3-4-15-27-24/h1-16,30H/i9D,15D. The zero-order chi connectivity index (χ0) is 22.5. The predicted molar refractivity (Wildman–Crippen MR) is 122 cm³/mol. The molecule has 0 saturated carbocycles. The van der Waals surface area contributed by atoms with Gasteiger partial charge in [0, 0.05) is 34.5 Å². The minimum absolute atomic E-state index is 0.0159. The molecule has 5 heteroatoms. The highest BCUT2D eigenvalue weighted by Gasteiger charge is 2.14. The number of rotatable bonds is 3. The highest BCUT2D eigenvalue weighted by molar-refractivity contribution is 6.09. The van der Waals surface area contributed by atoms with Crippen LogP contribution in [0.1, 0.15) is 2.74 Å². The van der Waals surface area contributed by atoms with Gasteiger partial charge in [0.05, 0.1) is 13.8 Å². The van der Waals surface area contributed by atoms with Gasteiger partial charge in [-0.05, 0) is 42.4 Å². The summed E-state index contributed by atoms with van der Waals surface area (Å²) >= 11 is 0. The molecule has 0 atom stereocenters. The molecule has 0 bridgehead atoms. The fraction of sp³-hybridized carbons (Fsp3) is 0. The Morgan fingerprint density at radius 2 is 1.71 bits per heavy atom. The van der Waals surface area contributed by atoms with Gasteiger partial charge in [-0.1, -0.05) is 36.4 Å². The second-order valence-corrected chi connectivity index (χ2v) is 7.17. The van der Waals surface area contributed by atoms with Gasteiger partial charge in [0.2, 0.25) is 5.88 Å². The maximum Gasteiger partial charge on any atom is 0.219 e. The van der Waals surface area contributed by atoms with E-state index < -0.39 is 0 Å². The van der Waals surface area contributed by atoms with E-state index in [1.165, 1.54) is 6.07 Å². The lowest BCUT2D eigenvalue weighted by Gasteiger charge is -2.09. The topological polar surface area (TPSA) is 60.2 Å². The molecule has 3 heterocycles. The lowest BCUT2D eigenvalue weighted by atomic mass is 10.1. The van der Waals surface area contributed by atoms with E-state index in [0.29, 0.717) is 23.0 Å². The van der Waals surface area contributed by atoms with E-state index in [2.05, 4.69) is 16.0 Å². The van der Waals surface area contributed by atoms with Crippen molar-refractivity contribution in [1.82, 2.24) is 14.5 Å². The molecule has 0 fully saturated rings. The molecule has 0 spiro atoms. The van der Waals surface area contributed by atoms with Gasteiger partial charge in [0.1, 0.15) is 22.8 Å². The fourth-order valence-electron chi connectivity index (χ4n) is 3.94. The fourth-order valence-corrected chi connectivity index (χ4v) is 3.94. The number of benzene rings is 3. The summed E-state index contributed by atoms with van der Waals surface area (Å²) in [7, 11) is 0. The lowest BCUT2D eigenvalue weighted by molar-refractivity contribution is 0.460. The smallest absolute Gasteiger partial charge is 0.219 e. The summed E-state index contributed by atoms with van der Waals surface area (Å²) < 4.78 is 23.8. The maximum absolute atomic E-state index is 10.2. The number of ether oxygens (including phenoxy) is 1. The molecular weight excluding hydrogens is 386 g/mol. The van der Waals surface area contributed by atoms with Crippen LogP contribution in [0, 0.1) is 0 Å². The molecule has 5 nitrogen and oxygen atoms in total. The van der Waals surface area contributed by atoms with Crippen molar-refractivity contribution in [3.8, 4) is 23.2 Å². The Hall–Kier alpha value is -4.38. The Morgan fingerprint density at radius 1 is 0.839 bits per heavy atom. The van der Waals surface area contributed by atoms with E-state index >= 15 is 0 Å². The van der Waals surface area contributed by atoms with Crippen LogP contribution in [0.5, 0.6) is 17.4 Å². The average Bonchev–Trinajstić information content (AvgIpc) is 3.15. The van der Waals surface area contributed by atoms with Crippen molar-refractivity contribution < 1.29 is 12.6 Å². The maximum atomic E-state index is 10.2. The highest BCUT2D eigenvalue weighted by Crippen LogP contribution is 2.35. The van der Waals surface area contributed by atoms with Crippen LogP contribution in [0.2, 0.25) is 0 Å². The Bertz CT molecular complexity index is 1690. The summed E-state index contributed by atoms with van der Waals surface area (Å²) in [6, 6.07) is 26.0. The SMILES string of the molecule is [2H]c1cccc(-n2c3ccccc3c3ccc(Oc4ccc5ccc([2H])c(O)c5n4)cc32)n1. The Labute approximate surface area is 180 Å². The quantitative estimate of drug-likeness (QED) is 0.379. The van der Waals surface area contributed by atoms with Crippen molar-refractivity contribution >= 4 is 32.7 Å². The van der Waals surface area contributed by atoms with Gasteiger partial charge in [0.25, 0.3) is 0 Å². The van der Waals surface area contributed by atoms with Gasteiger partial charge in [-0.25, -0.2) is 9.97 Å². The average molecular weight is 405 g/mol. The molecule has 0 aliphatic heterocycles. The normalized spacial score (nSPS) is 12.3. The van der Waals surface area contributed by atoms with Gasteiger partial charge in [-0.3, -0.25) is 4.57 Å². The molecule has 0 amide bonds. The summed E-state index contributed by atoms with van der Waals surface area (Å²) in [4.78, 5) is 8.82. The summed E-state index contributed by atoms with van der Waals surface area (Å²) in [5.74, 6) is 1.37. The van der Waals surface area contributed by atoms with E-state index in [4.69, 9.17) is 7.48 Å². The van der Waals surface area contributed by atoms with E-state index in [-0.39, 0.29) is 18.0 Å². The van der Waals surface area contributed by atoms with Crippen LogP contribution < -0.4 is 4.74 Å².